The van der Waals surface area contributed by atoms with Gasteiger partial charge in [0.2, 0.25) is 0 Å². The summed E-state index contributed by atoms with van der Waals surface area (Å²) in [5.41, 5.74) is 3.09. The zero-order chi connectivity index (χ0) is 17.8. The minimum absolute atomic E-state index is 0.493. The van der Waals surface area contributed by atoms with Crippen molar-refractivity contribution in [2.24, 2.45) is 5.92 Å². The number of rotatable bonds is 6. The van der Waals surface area contributed by atoms with Crippen molar-refractivity contribution >= 4 is 11.4 Å². The van der Waals surface area contributed by atoms with Crippen LogP contribution in [-0.4, -0.2) is 38.7 Å². The molecule has 0 aliphatic carbocycles. The highest BCUT2D eigenvalue weighted by Gasteiger charge is 2.23. The second-order valence-corrected chi connectivity index (χ2v) is 6.73. The first kappa shape index (κ1) is 17.6. The minimum atomic E-state index is -0.797. The van der Waals surface area contributed by atoms with Crippen molar-refractivity contribution in [3.05, 3.63) is 53.9 Å². The first-order chi connectivity index (χ1) is 12.0. The van der Waals surface area contributed by atoms with Crippen LogP contribution in [0.5, 0.6) is 0 Å². The Morgan fingerprint density at radius 1 is 1.24 bits per heavy atom. The third-order valence-corrected chi connectivity index (χ3v) is 4.66. The van der Waals surface area contributed by atoms with Crippen molar-refractivity contribution in [2.45, 2.75) is 13.0 Å². The summed E-state index contributed by atoms with van der Waals surface area (Å²) >= 11 is 0. The predicted molar refractivity (Wildman–Crippen MR) is 96.9 cm³/mol. The molecule has 0 bridgehead atoms. The second-order valence-electron chi connectivity index (χ2n) is 6.73. The maximum Gasteiger partial charge on any atom is 0.160 e. The number of pyridine rings is 1. The average molecular weight is 346 g/mol. The second kappa shape index (κ2) is 7.78. The molecule has 6 heteroatoms. The third kappa shape index (κ3) is 4.25. The first-order valence-electron chi connectivity index (χ1n) is 8.55. The van der Waals surface area contributed by atoms with Gasteiger partial charge in [0.15, 0.2) is 11.6 Å². The van der Waals surface area contributed by atoms with Gasteiger partial charge in [-0.1, -0.05) is 0 Å². The van der Waals surface area contributed by atoms with Crippen molar-refractivity contribution in [2.75, 3.05) is 43.5 Å². The number of anilines is 2. The molecule has 1 unspecified atom stereocenters. The fourth-order valence-corrected chi connectivity index (χ4v) is 3.32. The molecule has 0 radical (unpaired) electrons. The predicted octanol–water partition coefficient (Wildman–Crippen LogP) is 3.04. The number of benzene rings is 1. The van der Waals surface area contributed by atoms with Crippen molar-refractivity contribution in [1.29, 1.82) is 0 Å². The Kier molecular flexibility index (Phi) is 5.48. The lowest BCUT2D eigenvalue weighted by Crippen LogP contribution is -2.27. The van der Waals surface area contributed by atoms with Crippen LogP contribution < -0.4 is 15.1 Å². The molecule has 1 aliphatic heterocycles. The van der Waals surface area contributed by atoms with Gasteiger partial charge in [0.05, 0.1) is 0 Å². The lowest BCUT2D eigenvalue weighted by molar-refractivity contribution is 0.507. The Bertz CT molecular complexity index is 720. The fourth-order valence-electron chi connectivity index (χ4n) is 3.32. The van der Waals surface area contributed by atoms with Crippen LogP contribution >= 0.6 is 0 Å². The highest BCUT2D eigenvalue weighted by molar-refractivity contribution is 5.51. The molecular weight excluding hydrogens is 322 g/mol. The van der Waals surface area contributed by atoms with E-state index < -0.39 is 11.6 Å². The summed E-state index contributed by atoms with van der Waals surface area (Å²) in [6.45, 7) is 3.38. The van der Waals surface area contributed by atoms with E-state index in [1.165, 1.54) is 17.7 Å². The quantitative estimate of drug-likeness (QED) is 0.871. The Hall–Kier alpha value is -2.21. The molecule has 1 atom stereocenters. The van der Waals surface area contributed by atoms with E-state index in [2.05, 4.69) is 20.1 Å². The molecule has 2 aromatic rings. The number of halogens is 2. The molecule has 1 aromatic carbocycles. The van der Waals surface area contributed by atoms with E-state index in [1.54, 1.807) is 12.3 Å². The third-order valence-electron chi connectivity index (χ3n) is 4.66. The molecule has 4 nitrogen and oxygen atoms in total. The number of hydrogen-bond donors (Lipinski definition) is 1. The van der Waals surface area contributed by atoms with Crippen LogP contribution in [0.2, 0.25) is 0 Å². The van der Waals surface area contributed by atoms with E-state index in [4.69, 9.17) is 0 Å². The van der Waals surface area contributed by atoms with Crippen molar-refractivity contribution in [1.82, 2.24) is 10.3 Å². The summed E-state index contributed by atoms with van der Waals surface area (Å²) in [6.07, 6.45) is 4.74. The molecule has 25 heavy (non-hydrogen) atoms. The Morgan fingerprint density at radius 3 is 2.84 bits per heavy atom. The standard InChI is InChI=1S/C19H24F2N4/c1-24(2)19-5-7-22-11-15(19)12-23-10-14-6-8-25(13-14)16-3-4-17(20)18(21)9-16/h3-5,7,9,11,14,23H,6,8,10,12-13H2,1-2H3. The van der Waals surface area contributed by atoms with Crippen LogP contribution in [-0.2, 0) is 6.54 Å². The maximum absolute atomic E-state index is 13.4. The van der Waals surface area contributed by atoms with Gasteiger partial charge in [0.25, 0.3) is 0 Å². The summed E-state index contributed by atoms with van der Waals surface area (Å²) < 4.78 is 26.5. The Labute approximate surface area is 147 Å². The van der Waals surface area contributed by atoms with E-state index in [0.717, 1.165) is 44.0 Å². The Balaban J connectivity index is 1.51. The van der Waals surface area contributed by atoms with Gasteiger partial charge in [0, 0.05) is 75.7 Å². The van der Waals surface area contributed by atoms with E-state index in [1.807, 2.05) is 26.4 Å². The summed E-state index contributed by atoms with van der Waals surface area (Å²) in [5, 5.41) is 3.50. The average Bonchev–Trinajstić information content (AvgIpc) is 3.06. The lowest BCUT2D eigenvalue weighted by atomic mass is 10.1. The van der Waals surface area contributed by atoms with Gasteiger partial charge in [0.1, 0.15) is 0 Å². The van der Waals surface area contributed by atoms with Gasteiger partial charge in [-0.25, -0.2) is 8.78 Å². The van der Waals surface area contributed by atoms with Gasteiger partial charge in [-0.15, -0.1) is 0 Å². The molecule has 1 fully saturated rings. The SMILES string of the molecule is CN(C)c1ccncc1CNCC1CCN(c2ccc(F)c(F)c2)C1. The summed E-state index contributed by atoms with van der Waals surface area (Å²) in [6, 6.07) is 6.14. The van der Waals surface area contributed by atoms with E-state index in [-0.39, 0.29) is 0 Å². The summed E-state index contributed by atoms with van der Waals surface area (Å²) in [7, 11) is 4.05. The molecule has 134 valence electrons. The number of hydrogen-bond acceptors (Lipinski definition) is 4. The normalized spacial score (nSPS) is 17.1. The van der Waals surface area contributed by atoms with Crippen molar-refractivity contribution < 1.29 is 8.78 Å². The van der Waals surface area contributed by atoms with Crippen LogP contribution in [0, 0.1) is 17.6 Å². The van der Waals surface area contributed by atoms with Crippen LogP contribution in [0.3, 0.4) is 0 Å². The maximum atomic E-state index is 13.4. The molecular formula is C19H24F2N4. The molecule has 1 saturated heterocycles. The zero-order valence-electron chi connectivity index (χ0n) is 14.7. The lowest BCUT2D eigenvalue weighted by Gasteiger charge is -2.20. The largest absolute Gasteiger partial charge is 0.377 e. The van der Waals surface area contributed by atoms with Crippen molar-refractivity contribution in [3.63, 3.8) is 0 Å². The van der Waals surface area contributed by atoms with E-state index in [0.29, 0.717) is 5.92 Å². The topological polar surface area (TPSA) is 31.4 Å². The van der Waals surface area contributed by atoms with Crippen LogP contribution in [0.1, 0.15) is 12.0 Å². The number of nitrogens with zero attached hydrogens (tertiary/aromatic N) is 3. The molecule has 2 heterocycles. The van der Waals surface area contributed by atoms with E-state index in [9.17, 15) is 8.78 Å². The monoisotopic (exact) mass is 346 g/mol. The van der Waals surface area contributed by atoms with Gasteiger partial charge in [-0.05, 0) is 30.5 Å². The van der Waals surface area contributed by atoms with Crippen LogP contribution in [0.25, 0.3) is 0 Å². The van der Waals surface area contributed by atoms with Gasteiger partial charge < -0.3 is 15.1 Å². The van der Waals surface area contributed by atoms with Crippen molar-refractivity contribution in [3.8, 4) is 0 Å². The molecule has 1 aromatic heterocycles. The van der Waals surface area contributed by atoms with Crippen LogP contribution in [0.4, 0.5) is 20.2 Å². The van der Waals surface area contributed by atoms with Crippen LogP contribution in [0.15, 0.2) is 36.7 Å². The number of aromatic nitrogens is 1. The highest BCUT2D eigenvalue weighted by Crippen LogP contribution is 2.25. The smallest absolute Gasteiger partial charge is 0.160 e. The summed E-state index contributed by atoms with van der Waals surface area (Å²) in [4.78, 5) is 8.40. The molecule has 0 saturated carbocycles. The minimum Gasteiger partial charge on any atom is -0.377 e. The van der Waals surface area contributed by atoms with Gasteiger partial charge >= 0.3 is 0 Å². The number of nitrogens with one attached hydrogen (secondary N) is 1. The Morgan fingerprint density at radius 2 is 2.08 bits per heavy atom. The first-order valence-corrected chi connectivity index (χ1v) is 8.55. The molecule has 1 N–H and O–H groups in total. The molecule has 1 aliphatic rings. The highest BCUT2D eigenvalue weighted by atomic mass is 19.2. The van der Waals surface area contributed by atoms with Gasteiger partial charge in [-0.3, -0.25) is 4.98 Å². The van der Waals surface area contributed by atoms with E-state index >= 15 is 0 Å². The fraction of sp³-hybridized carbons (Fsp3) is 0.421. The van der Waals surface area contributed by atoms with Gasteiger partial charge in [-0.2, -0.15) is 0 Å². The molecule has 0 amide bonds. The zero-order valence-corrected chi connectivity index (χ0v) is 14.7. The molecule has 3 rings (SSSR count). The molecule has 0 spiro atoms. The summed E-state index contributed by atoms with van der Waals surface area (Å²) in [5.74, 6) is -1.09.